The predicted octanol–water partition coefficient (Wildman–Crippen LogP) is 3.57. The maximum Gasteiger partial charge on any atom is 0.223 e. The third-order valence-electron chi connectivity index (χ3n) is 3.71. The molecule has 1 aliphatic heterocycles. The van der Waals surface area contributed by atoms with Gasteiger partial charge in [0, 0.05) is 18.2 Å². The third-order valence-corrected chi connectivity index (χ3v) is 4.68. The van der Waals surface area contributed by atoms with Gasteiger partial charge in [-0.15, -0.1) is 11.8 Å². The zero-order chi connectivity index (χ0) is 15.9. The minimum atomic E-state index is -0.0538. The zero-order valence-electron chi connectivity index (χ0n) is 12.8. The van der Waals surface area contributed by atoms with Crippen LogP contribution < -0.4 is 10.6 Å². The fraction of sp³-hybridized carbons (Fsp3) is 0.211. The van der Waals surface area contributed by atoms with E-state index in [0.717, 1.165) is 11.3 Å². The van der Waals surface area contributed by atoms with Crippen molar-refractivity contribution in [2.24, 2.45) is 0 Å². The van der Waals surface area contributed by atoms with E-state index in [9.17, 15) is 4.79 Å². The minimum absolute atomic E-state index is 0.0538. The highest BCUT2D eigenvalue weighted by Crippen LogP contribution is 2.23. The van der Waals surface area contributed by atoms with Crippen LogP contribution in [0, 0.1) is 0 Å². The van der Waals surface area contributed by atoms with E-state index < -0.39 is 0 Å². The van der Waals surface area contributed by atoms with Crippen molar-refractivity contribution in [3.63, 3.8) is 0 Å². The van der Waals surface area contributed by atoms with Gasteiger partial charge in [-0.25, -0.2) is 0 Å². The van der Waals surface area contributed by atoms with E-state index >= 15 is 0 Å². The van der Waals surface area contributed by atoms with Crippen molar-refractivity contribution >= 4 is 23.7 Å². The minimum Gasteiger partial charge on any atom is -0.332 e. The molecular formula is C19H20N2OS. The van der Waals surface area contributed by atoms with Crippen LogP contribution in [0.4, 0.5) is 0 Å². The Labute approximate surface area is 141 Å². The summed E-state index contributed by atoms with van der Waals surface area (Å²) in [5.41, 5.74) is 2.30. The van der Waals surface area contributed by atoms with Gasteiger partial charge in [0.25, 0.3) is 0 Å². The summed E-state index contributed by atoms with van der Waals surface area (Å²) in [6.45, 7) is 0. The zero-order valence-corrected chi connectivity index (χ0v) is 13.6. The second kappa shape index (κ2) is 7.99. The first-order chi connectivity index (χ1) is 11.3. The Hall–Kier alpha value is -2.04. The molecule has 2 aromatic carbocycles. The van der Waals surface area contributed by atoms with Crippen molar-refractivity contribution in [1.82, 2.24) is 10.6 Å². The van der Waals surface area contributed by atoms with E-state index in [-0.39, 0.29) is 17.4 Å². The largest absolute Gasteiger partial charge is 0.332 e. The van der Waals surface area contributed by atoms with Gasteiger partial charge >= 0.3 is 0 Å². The first-order valence-electron chi connectivity index (χ1n) is 7.75. The molecule has 1 aliphatic rings. The monoisotopic (exact) mass is 324 g/mol. The number of amides is 1. The molecule has 1 amide bonds. The molecule has 0 bridgehead atoms. The summed E-state index contributed by atoms with van der Waals surface area (Å²) in [5, 5.41) is 6.49. The molecule has 0 saturated carbocycles. The van der Waals surface area contributed by atoms with E-state index in [1.807, 2.05) is 36.4 Å². The van der Waals surface area contributed by atoms with Crippen LogP contribution in [0.1, 0.15) is 23.6 Å². The smallest absolute Gasteiger partial charge is 0.223 e. The first-order valence-corrected chi connectivity index (χ1v) is 8.80. The van der Waals surface area contributed by atoms with Crippen LogP contribution in [0.25, 0.3) is 6.08 Å². The molecule has 2 atom stereocenters. The molecule has 0 radical (unpaired) electrons. The Morgan fingerprint density at radius 3 is 2.48 bits per heavy atom. The van der Waals surface area contributed by atoms with Crippen LogP contribution in [-0.4, -0.2) is 17.2 Å². The predicted molar refractivity (Wildman–Crippen MR) is 96.8 cm³/mol. The molecule has 23 heavy (non-hydrogen) atoms. The number of thioether (sulfide) groups is 1. The van der Waals surface area contributed by atoms with Gasteiger partial charge in [0.2, 0.25) is 5.91 Å². The van der Waals surface area contributed by atoms with Crippen LogP contribution in [0.15, 0.2) is 66.7 Å². The lowest BCUT2D eigenvalue weighted by atomic mass is 10.0. The molecule has 2 unspecified atom stereocenters. The molecule has 1 saturated heterocycles. The Morgan fingerprint density at radius 1 is 1.04 bits per heavy atom. The average Bonchev–Trinajstić information content (AvgIpc) is 2.60. The van der Waals surface area contributed by atoms with Gasteiger partial charge in [0.05, 0.1) is 0 Å². The normalized spacial score (nSPS) is 21.3. The van der Waals surface area contributed by atoms with Crippen LogP contribution in [-0.2, 0) is 4.79 Å². The van der Waals surface area contributed by atoms with Crippen molar-refractivity contribution < 1.29 is 4.79 Å². The van der Waals surface area contributed by atoms with E-state index in [4.69, 9.17) is 0 Å². The average molecular weight is 324 g/mol. The van der Waals surface area contributed by atoms with Gasteiger partial charge in [0.1, 0.15) is 5.50 Å². The highest BCUT2D eigenvalue weighted by atomic mass is 32.2. The summed E-state index contributed by atoms with van der Waals surface area (Å²) in [6, 6.07) is 20.4. The number of carbonyl (C=O) groups is 1. The Kier molecular flexibility index (Phi) is 5.51. The van der Waals surface area contributed by atoms with Gasteiger partial charge in [-0.3, -0.25) is 10.1 Å². The number of hydrogen-bond acceptors (Lipinski definition) is 3. The number of rotatable bonds is 5. The van der Waals surface area contributed by atoms with Crippen molar-refractivity contribution in [3.8, 4) is 0 Å². The quantitative estimate of drug-likeness (QED) is 0.883. The molecule has 3 rings (SSSR count). The van der Waals surface area contributed by atoms with E-state index in [0.29, 0.717) is 6.42 Å². The summed E-state index contributed by atoms with van der Waals surface area (Å²) < 4.78 is 0. The summed E-state index contributed by atoms with van der Waals surface area (Å²) >= 11 is 1.69. The number of hydrogen-bond donors (Lipinski definition) is 2. The molecule has 3 nitrogen and oxygen atoms in total. The van der Waals surface area contributed by atoms with Gasteiger partial charge in [-0.05, 0) is 11.1 Å². The fourth-order valence-corrected chi connectivity index (χ4v) is 3.44. The molecule has 4 heteroatoms. The van der Waals surface area contributed by atoms with Crippen molar-refractivity contribution in [1.29, 1.82) is 0 Å². The lowest BCUT2D eigenvalue weighted by Gasteiger charge is -2.31. The van der Waals surface area contributed by atoms with Gasteiger partial charge < -0.3 is 5.32 Å². The summed E-state index contributed by atoms with van der Waals surface area (Å²) in [6.07, 6.45) is 4.72. The lowest BCUT2D eigenvalue weighted by Crippen LogP contribution is -2.51. The van der Waals surface area contributed by atoms with E-state index in [1.54, 1.807) is 11.8 Å². The Balaban J connectivity index is 1.53. The molecule has 2 N–H and O–H groups in total. The lowest BCUT2D eigenvalue weighted by molar-refractivity contribution is -0.123. The Bertz CT molecular complexity index is 658. The topological polar surface area (TPSA) is 41.1 Å². The van der Waals surface area contributed by atoms with E-state index in [2.05, 4.69) is 47.1 Å². The molecular weight excluding hydrogens is 304 g/mol. The van der Waals surface area contributed by atoms with Crippen LogP contribution >= 0.6 is 11.8 Å². The summed E-state index contributed by atoms with van der Waals surface area (Å²) in [5.74, 6) is 0.941. The summed E-state index contributed by atoms with van der Waals surface area (Å²) in [7, 11) is 0. The molecule has 118 valence electrons. The van der Waals surface area contributed by atoms with Crippen molar-refractivity contribution in [2.45, 2.75) is 18.0 Å². The number of benzene rings is 2. The van der Waals surface area contributed by atoms with Gasteiger partial charge in [-0.1, -0.05) is 72.8 Å². The van der Waals surface area contributed by atoms with E-state index in [1.165, 1.54) is 5.56 Å². The van der Waals surface area contributed by atoms with Gasteiger partial charge in [0.15, 0.2) is 0 Å². The molecule has 1 fully saturated rings. The molecule has 2 aromatic rings. The highest BCUT2D eigenvalue weighted by molar-refractivity contribution is 8.00. The molecule has 1 heterocycles. The second-order valence-corrected chi connectivity index (χ2v) is 6.57. The SMILES string of the molecule is O=C1CC(c2ccccc2)NC(SC/C=C/c2ccccc2)N1. The maximum absolute atomic E-state index is 11.9. The highest BCUT2D eigenvalue weighted by Gasteiger charge is 2.26. The van der Waals surface area contributed by atoms with Crippen LogP contribution in [0.5, 0.6) is 0 Å². The van der Waals surface area contributed by atoms with Crippen molar-refractivity contribution in [2.75, 3.05) is 5.75 Å². The summed E-state index contributed by atoms with van der Waals surface area (Å²) in [4.78, 5) is 11.9. The number of carbonyl (C=O) groups excluding carboxylic acids is 1. The fourth-order valence-electron chi connectivity index (χ4n) is 2.56. The second-order valence-electron chi connectivity index (χ2n) is 5.43. The Morgan fingerprint density at radius 2 is 1.74 bits per heavy atom. The van der Waals surface area contributed by atoms with Crippen LogP contribution in [0.2, 0.25) is 0 Å². The first kappa shape index (κ1) is 15.8. The maximum atomic E-state index is 11.9. The third kappa shape index (κ3) is 4.71. The number of nitrogens with one attached hydrogen (secondary N) is 2. The van der Waals surface area contributed by atoms with Crippen molar-refractivity contribution in [3.05, 3.63) is 77.9 Å². The van der Waals surface area contributed by atoms with Gasteiger partial charge in [-0.2, -0.15) is 0 Å². The molecule has 0 spiro atoms. The standard InChI is InChI=1S/C19H20N2OS/c22-18-14-17(16-11-5-2-6-12-16)20-19(21-18)23-13-7-10-15-8-3-1-4-9-15/h1-12,17,19-20H,13-14H2,(H,21,22)/b10-7+. The molecule has 0 aliphatic carbocycles. The molecule has 0 aromatic heterocycles. The van der Waals surface area contributed by atoms with Crippen LogP contribution in [0.3, 0.4) is 0 Å².